The van der Waals surface area contributed by atoms with Gasteiger partial charge in [0, 0.05) is 38.9 Å². The summed E-state index contributed by atoms with van der Waals surface area (Å²) < 4.78 is 10.9. The number of nitrogens with two attached hydrogens (primary N) is 1. The van der Waals surface area contributed by atoms with E-state index in [1.54, 1.807) is 0 Å². The molecule has 0 bridgehead atoms. The fourth-order valence-corrected chi connectivity index (χ4v) is 2.27. The predicted octanol–water partition coefficient (Wildman–Crippen LogP) is -0.175. The minimum atomic E-state index is 0.242. The van der Waals surface area contributed by atoms with Gasteiger partial charge in [-0.25, -0.2) is 0 Å². The van der Waals surface area contributed by atoms with Crippen molar-refractivity contribution in [2.24, 2.45) is 5.73 Å². The van der Waals surface area contributed by atoms with E-state index < -0.39 is 0 Å². The molecule has 2 aliphatic heterocycles. The van der Waals surface area contributed by atoms with Crippen LogP contribution in [0.1, 0.15) is 12.8 Å². The SMILES string of the molecule is NC[C@H]1CN(C2CCOCC2)CCO1. The fraction of sp³-hybridized carbons (Fsp3) is 1.00. The Morgan fingerprint density at radius 3 is 2.71 bits per heavy atom. The third-order valence-corrected chi connectivity index (χ3v) is 3.14. The van der Waals surface area contributed by atoms with Crippen LogP contribution in [0.4, 0.5) is 0 Å². The van der Waals surface area contributed by atoms with E-state index >= 15 is 0 Å². The van der Waals surface area contributed by atoms with Crippen molar-refractivity contribution in [3.05, 3.63) is 0 Å². The molecule has 2 fully saturated rings. The zero-order chi connectivity index (χ0) is 9.80. The molecule has 0 unspecified atom stereocenters. The molecule has 0 aromatic rings. The van der Waals surface area contributed by atoms with Crippen molar-refractivity contribution in [2.75, 3.05) is 39.5 Å². The molecule has 0 spiro atoms. The normalized spacial score (nSPS) is 31.9. The third-order valence-electron chi connectivity index (χ3n) is 3.14. The summed E-state index contributed by atoms with van der Waals surface area (Å²) in [4.78, 5) is 2.52. The van der Waals surface area contributed by atoms with Crippen molar-refractivity contribution >= 4 is 0 Å². The van der Waals surface area contributed by atoms with Gasteiger partial charge in [0.25, 0.3) is 0 Å². The van der Waals surface area contributed by atoms with Crippen LogP contribution in [-0.2, 0) is 9.47 Å². The van der Waals surface area contributed by atoms with Gasteiger partial charge < -0.3 is 15.2 Å². The Hall–Kier alpha value is -0.160. The maximum absolute atomic E-state index is 5.62. The summed E-state index contributed by atoms with van der Waals surface area (Å²) in [5.74, 6) is 0. The molecule has 82 valence electrons. The topological polar surface area (TPSA) is 47.7 Å². The van der Waals surface area contributed by atoms with Gasteiger partial charge in [-0.1, -0.05) is 0 Å². The van der Waals surface area contributed by atoms with Crippen molar-refractivity contribution in [3.8, 4) is 0 Å². The number of rotatable bonds is 2. The second-order valence-electron chi connectivity index (χ2n) is 4.07. The first-order valence-electron chi connectivity index (χ1n) is 5.53. The Labute approximate surface area is 85.3 Å². The lowest BCUT2D eigenvalue weighted by molar-refractivity contribution is -0.0578. The van der Waals surface area contributed by atoms with Crippen LogP contribution >= 0.6 is 0 Å². The van der Waals surface area contributed by atoms with Gasteiger partial charge in [0.05, 0.1) is 12.7 Å². The van der Waals surface area contributed by atoms with E-state index in [0.717, 1.165) is 45.8 Å². The highest BCUT2D eigenvalue weighted by Gasteiger charge is 2.26. The van der Waals surface area contributed by atoms with Gasteiger partial charge in [-0.15, -0.1) is 0 Å². The standard InChI is InChI=1S/C10H20N2O2/c11-7-10-8-12(3-6-14-10)9-1-4-13-5-2-9/h9-10H,1-8,11H2/t10-/m0/s1. The Kier molecular flexibility index (Phi) is 3.75. The first kappa shape index (κ1) is 10.4. The summed E-state index contributed by atoms with van der Waals surface area (Å²) >= 11 is 0. The maximum Gasteiger partial charge on any atom is 0.0824 e. The third kappa shape index (κ3) is 2.45. The van der Waals surface area contributed by atoms with Crippen molar-refractivity contribution in [1.29, 1.82) is 0 Å². The molecule has 0 aromatic heterocycles. The van der Waals surface area contributed by atoms with Crippen molar-refractivity contribution < 1.29 is 9.47 Å². The molecule has 1 atom stereocenters. The summed E-state index contributed by atoms with van der Waals surface area (Å²) in [7, 11) is 0. The second-order valence-corrected chi connectivity index (χ2v) is 4.07. The zero-order valence-corrected chi connectivity index (χ0v) is 8.65. The van der Waals surface area contributed by atoms with Gasteiger partial charge in [0.15, 0.2) is 0 Å². The first-order valence-corrected chi connectivity index (χ1v) is 5.53. The van der Waals surface area contributed by atoms with Crippen LogP contribution in [0.3, 0.4) is 0 Å². The van der Waals surface area contributed by atoms with E-state index in [-0.39, 0.29) is 6.10 Å². The smallest absolute Gasteiger partial charge is 0.0824 e. The van der Waals surface area contributed by atoms with Crippen LogP contribution in [0.15, 0.2) is 0 Å². The molecule has 0 saturated carbocycles. The number of morpholine rings is 1. The van der Waals surface area contributed by atoms with E-state index in [1.807, 2.05) is 0 Å². The molecule has 2 rings (SSSR count). The molecular formula is C10H20N2O2. The fourth-order valence-electron chi connectivity index (χ4n) is 2.27. The summed E-state index contributed by atoms with van der Waals surface area (Å²) in [5, 5.41) is 0. The molecule has 14 heavy (non-hydrogen) atoms. The number of hydrogen-bond acceptors (Lipinski definition) is 4. The molecular weight excluding hydrogens is 180 g/mol. The molecule has 0 amide bonds. The first-order chi connectivity index (χ1) is 6.90. The minimum absolute atomic E-state index is 0.242. The van der Waals surface area contributed by atoms with E-state index in [4.69, 9.17) is 15.2 Å². The van der Waals surface area contributed by atoms with E-state index in [0.29, 0.717) is 12.6 Å². The summed E-state index contributed by atoms with van der Waals surface area (Å²) in [5.41, 5.74) is 5.62. The van der Waals surface area contributed by atoms with Gasteiger partial charge >= 0.3 is 0 Å². The molecule has 0 aromatic carbocycles. The summed E-state index contributed by atoms with van der Waals surface area (Å²) in [6.45, 7) is 5.35. The average molecular weight is 200 g/mol. The van der Waals surface area contributed by atoms with E-state index in [2.05, 4.69) is 4.90 Å². The minimum Gasteiger partial charge on any atom is -0.381 e. The van der Waals surface area contributed by atoms with Crippen LogP contribution in [0.5, 0.6) is 0 Å². The highest BCUT2D eigenvalue weighted by atomic mass is 16.5. The molecule has 2 heterocycles. The number of nitrogens with zero attached hydrogens (tertiary/aromatic N) is 1. The molecule has 4 heteroatoms. The van der Waals surface area contributed by atoms with Gasteiger partial charge in [-0.3, -0.25) is 4.90 Å². The molecule has 2 N–H and O–H groups in total. The Morgan fingerprint density at radius 2 is 2.00 bits per heavy atom. The monoisotopic (exact) mass is 200 g/mol. The van der Waals surface area contributed by atoms with Crippen LogP contribution in [0.2, 0.25) is 0 Å². The largest absolute Gasteiger partial charge is 0.381 e. The van der Waals surface area contributed by atoms with Crippen molar-refractivity contribution in [1.82, 2.24) is 4.90 Å². The molecule has 0 aliphatic carbocycles. The molecule has 2 aliphatic rings. The lowest BCUT2D eigenvalue weighted by atomic mass is 10.1. The molecule has 0 radical (unpaired) electrons. The lowest BCUT2D eigenvalue weighted by Crippen LogP contribution is -2.51. The Bertz CT molecular complexity index is 172. The van der Waals surface area contributed by atoms with Crippen LogP contribution in [0.25, 0.3) is 0 Å². The van der Waals surface area contributed by atoms with Gasteiger partial charge in [0.2, 0.25) is 0 Å². The molecule has 2 saturated heterocycles. The Balaban J connectivity index is 1.83. The lowest BCUT2D eigenvalue weighted by Gasteiger charge is -2.39. The van der Waals surface area contributed by atoms with E-state index in [9.17, 15) is 0 Å². The van der Waals surface area contributed by atoms with Crippen LogP contribution < -0.4 is 5.73 Å². The summed E-state index contributed by atoms with van der Waals surface area (Å²) in [6, 6.07) is 0.696. The zero-order valence-electron chi connectivity index (χ0n) is 8.65. The van der Waals surface area contributed by atoms with E-state index in [1.165, 1.54) is 0 Å². The maximum atomic E-state index is 5.62. The predicted molar refractivity (Wildman–Crippen MR) is 54.2 cm³/mol. The molecule has 4 nitrogen and oxygen atoms in total. The average Bonchev–Trinajstić information content (AvgIpc) is 2.30. The van der Waals surface area contributed by atoms with Gasteiger partial charge in [-0.2, -0.15) is 0 Å². The van der Waals surface area contributed by atoms with Gasteiger partial charge in [-0.05, 0) is 12.8 Å². The quantitative estimate of drug-likeness (QED) is 0.672. The summed E-state index contributed by atoms with van der Waals surface area (Å²) in [6.07, 6.45) is 2.57. The second kappa shape index (κ2) is 5.07. The highest BCUT2D eigenvalue weighted by molar-refractivity contribution is 4.80. The number of ether oxygens (including phenoxy) is 2. The Morgan fingerprint density at radius 1 is 1.21 bits per heavy atom. The number of hydrogen-bond donors (Lipinski definition) is 1. The highest BCUT2D eigenvalue weighted by Crippen LogP contribution is 2.17. The van der Waals surface area contributed by atoms with Crippen LogP contribution in [0, 0.1) is 0 Å². The van der Waals surface area contributed by atoms with Crippen LogP contribution in [-0.4, -0.2) is 56.5 Å². The van der Waals surface area contributed by atoms with Crippen molar-refractivity contribution in [3.63, 3.8) is 0 Å². The van der Waals surface area contributed by atoms with Gasteiger partial charge in [0.1, 0.15) is 0 Å². The van der Waals surface area contributed by atoms with Crippen molar-refractivity contribution in [2.45, 2.75) is 25.0 Å².